The summed E-state index contributed by atoms with van der Waals surface area (Å²) in [5, 5.41) is 13.9. The molecule has 0 fully saturated rings. The summed E-state index contributed by atoms with van der Waals surface area (Å²) in [6, 6.07) is 5.87. The van der Waals surface area contributed by atoms with Crippen LogP contribution in [0, 0.1) is 29.1 Å². The van der Waals surface area contributed by atoms with Crippen LogP contribution >= 0.6 is 0 Å². The third-order valence-electron chi connectivity index (χ3n) is 7.66. The second kappa shape index (κ2) is 16.1. The summed E-state index contributed by atoms with van der Waals surface area (Å²) in [6.07, 6.45) is 2.73. The van der Waals surface area contributed by atoms with Gasteiger partial charge in [0.15, 0.2) is 0 Å². The van der Waals surface area contributed by atoms with Crippen molar-refractivity contribution in [3.8, 4) is 5.75 Å². The van der Waals surface area contributed by atoms with E-state index in [-0.39, 0.29) is 30.7 Å². The average molecular weight is 536 g/mol. The summed E-state index contributed by atoms with van der Waals surface area (Å²) in [7, 11) is 3.40. The number of aliphatic hydroxyl groups is 1. The van der Waals surface area contributed by atoms with Crippen LogP contribution in [0.3, 0.4) is 0 Å². The lowest BCUT2D eigenvalue weighted by atomic mass is 9.80. The first kappa shape index (κ1) is 33.9. The van der Waals surface area contributed by atoms with Gasteiger partial charge in [0.1, 0.15) is 5.75 Å². The Kier molecular flexibility index (Phi) is 14.3. The molecule has 0 spiro atoms. The van der Waals surface area contributed by atoms with Gasteiger partial charge in [0.05, 0.1) is 18.6 Å². The molecule has 1 rings (SSSR count). The van der Waals surface area contributed by atoms with E-state index in [1.165, 1.54) is 11.1 Å². The number of amides is 2. The van der Waals surface area contributed by atoms with Crippen molar-refractivity contribution in [2.45, 2.75) is 85.8 Å². The van der Waals surface area contributed by atoms with Gasteiger partial charge in [-0.15, -0.1) is 0 Å². The van der Waals surface area contributed by atoms with E-state index >= 15 is 0 Å². The molecule has 2 amide bonds. The number of aliphatic hydroxyl groups excluding tert-OH is 1. The van der Waals surface area contributed by atoms with Crippen LogP contribution in [0.25, 0.3) is 0 Å². The largest absolute Gasteiger partial charge is 0.496 e. The number of carbonyl (C=O) groups is 2. The zero-order valence-electron chi connectivity index (χ0n) is 24.9. The maximum atomic E-state index is 12.9. The second-order valence-electron chi connectivity index (χ2n) is 12.0. The van der Waals surface area contributed by atoms with Crippen molar-refractivity contribution >= 4 is 11.8 Å². The summed E-state index contributed by atoms with van der Waals surface area (Å²) < 4.78 is 10.8. The van der Waals surface area contributed by atoms with Crippen molar-refractivity contribution < 1.29 is 24.2 Å². The number of hydrogen-bond donors (Lipinski definition) is 4. The number of methoxy groups -OCH3 is 2. The molecule has 0 aromatic heterocycles. The van der Waals surface area contributed by atoms with Crippen molar-refractivity contribution in [2.24, 2.45) is 40.6 Å². The van der Waals surface area contributed by atoms with Crippen LogP contribution < -0.4 is 21.5 Å². The molecule has 0 heterocycles. The minimum absolute atomic E-state index is 0.00487. The Balaban J connectivity index is 2.87. The van der Waals surface area contributed by atoms with Crippen LogP contribution in [0.4, 0.5) is 0 Å². The van der Waals surface area contributed by atoms with E-state index in [0.29, 0.717) is 18.9 Å². The summed E-state index contributed by atoms with van der Waals surface area (Å²) in [5.74, 6) is 0.434. The van der Waals surface area contributed by atoms with E-state index in [1.807, 2.05) is 19.9 Å². The molecule has 0 saturated heterocycles. The Morgan fingerprint density at radius 3 is 2.26 bits per heavy atom. The molecule has 0 bridgehead atoms. The number of primary amides is 1. The molecule has 1 aromatic rings. The lowest BCUT2D eigenvalue weighted by Gasteiger charge is -2.30. The van der Waals surface area contributed by atoms with Crippen LogP contribution in [0.5, 0.6) is 5.75 Å². The van der Waals surface area contributed by atoms with E-state index in [2.05, 4.69) is 31.3 Å². The maximum absolute atomic E-state index is 12.9. The highest BCUT2D eigenvalue weighted by Gasteiger charge is 2.32. The number of aryl methyl sites for hydroxylation is 1. The lowest BCUT2D eigenvalue weighted by Crippen LogP contribution is -2.46. The molecule has 1 aromatic carbocycles. The number of ether oxygens (including phenoxy) is 2. The van der Waals surface area contributed by atoms with Gasteiger partial charge in [0, 0.05) is 32.2 Å². The lowest BCUT2D eigenvalue weighted by molar-refractivity contribution is -0.130. The third kappa shape index (κ3) is 10.9. The van der Waals surface area contributed by atoms with Crippen molar-refractivity contribution in [3.63, 3.8) is 0 Å². The third-order valence-corrected chi connectivity index (χ3v) is 7.66. The molecular weight excluding hydrogens is 482 g/mol. The Morgan fingerprint density at radius 2 is 1.74 bits per heavy atom. The first-order valence-corrected chi connectivity index (χ1v) is 13.9. The highest BCUT2D eigenvalue weighted by atomic mass is 16.5. The molecule has 8 nitrogen and oxygen atoms in total. The Hall–Kier alpha value is -2.16. The normalized spacial score (nSPS) is 15.3. The second-order valence-corrected chi connectivity index (χ2v) is 12.0. The molecule has 8 heteroatoms. The van der Waals surface area contributed by atoms with E-state index in [9.17, 15) is 14.7 Å². The molecule has 0 unspecified atom stereocenters. The van der Waals surface area contributed by atoms with Gasteiger partial charge in [-0.25, -0.2) is 0 Å². The number of nitrogens with one attached hydrogen (secondary N) is 1. The van der Waals surface area contributed by atoms with E-state index in [1.54, 1.807) is 28.1 Å². The topological polar surface area (TPSA) is 137 Å². The fourth-order valence-electron chi connectivity index (χ4n) is 4.61. The first-order chi connectivity index (χ1) is 17.7. The van der Waals surface area contributed by atoms with Crippen LogP contribution in [-0.4, -0.2) is 56.4 Å². The van der Waals surface area contributed by atoms with Gasteiger partial charge in [-0.2, -0.15) is 0 Å². The van der Waals surface area contributed by atoms with E-state index < -0.39 is 29.4 Å². The van der Waals surface area contributed by atoms with Crippen molar-refractivity contribution in [1.82, 2.24) is 5.32 Å². The van der Waals surface area contributed by atoms with Gasteiger partial charge >= 0.3 is 0 Å². The molecular formula is C30H53N3O5. The van der Waals surface area contributed by atoms with Crippen molar-refractivity contribution in [2.75, 3.05) is 27.4 Å². The zero-order valence-corrected chi connectivity index (χ0v) is 24.9. The minimum Gasteiger partial charge on any atom is -0.496 e. The van der Waals surface area contributed by atoms with Crippen LogP contribution in [-0.2, 0) is 27.2 Å². The van der Waals surface area contributed by atoms with Crippen LogP contribution in [0.15, 0.2) is 18.2 Å². The van der Waals surface area contributed by atoms with Gasteiger partial charge in [-0.05, 0) is 80.9 Å². The highest BCUT2D eigenvalue weighted by Crippen LogP contribution is 2.28. The van der Waals surface area contributed by atoms with Crippen molar-refractivity contribution in [1.29, 1.82) is 0 Å². The van der Waals surface area contributed by atoms with Gasteiger partial charge in [-0.3, -0.25) is 9.59 Å². The summed E-state index contributed by atoms with van der Waals surface area (Å²) in [5.41, 5.74) is 13.5. The predicted octanol–water partition coefficient (Wildman–Crippen LogP) is 3.46. The van der Waals surface area contributed by atoms with Gasteiger partial charge in [0.2, 0.25) is 11.8 Å². The maximum Gasteiger partial charge on any atom is 0.224 e. The van der Waals surface area contributed by atoms with Crippen LogP contribution in [0.1, 0.15) is 71.9 Å². The Morgan fingerprint density at radius 1 is 1.08 bits per heavy atom. The number of benzene rings is 1. The zero-order chi connectivity index (χ0) is 29.0. The minimum atomic E-state index is -0.845. The number of rotatable bonds is 18. The molecule has 4 atom stereocenters. The molecule has 0 aliphatic heterocycles. The fourth-order valence-corrected chi connectivity index (χ4v) is 4.61. The smallest absolute Gasteiger partial charge is 0.224 e. The van der Waals surface area contributed by atoms with Gasteiger partial charge < -0.3 is 31.4 Å². The molecule has 0 saturated carbocycles. The summed E-state index contributed by atoms with van der Waals surface area (Å²) >= 11 is 0. The number of carbonyl (C=O) groups excluding carboxylic acids is 2. The average Bonchev–Trinajstić information content (AvgIpc) is 2.85. The fraction of sp³-hybridized carbons (Fsp3) is 0.733. The Labute approximate surface area is 230 Å². The Bertz CT molecular complexity index is 871. The van der Waals surface area contributed by atoms with E-state index in [0.717, 1.165) is 25.0 Å². The highest BCUT2D eigenvalue weighted by molar-refractivity contribution is 5.83. The van der Waals surface area contributed by atoms with E-state index in [4.69, 9.17) is 20.9 Å². The quantitative estimate of drug-likeness (QED) is 0.213. The SMILES string of the molecule is COCCCc1cc(C[C@@H](C[C@H](N)[C@@H](O)C[C@H](C(=O)NCC(C)(C)C(N)=O)C(C)C)C(C)C)ccc1OC. The van der Waals surface area contributed by atoms with Crippen molar-refractivity contribution in [3.05, 3.63) is 29.3 Å². The molecule has 38 heavy (non-hydrogen) atoms. The van der Waals surface area contributed by atoms with Crippen LogP contribution in [0.2, 0.25) is 0 Å². The first-order valence-electron chi connectivity index (χ1n) is 13.9. The monoisotopic (exact) mass is 535 g/mol. The number of nitrogens with two attached hydrogens (primary N) is 2. The molecule has 218 valence electrons. The van der Waals surface area contributed by atoms with Gasteiger partial charge in [-0.1, -0.05) is 39.8 Å². The molecule has 0 aliphatic carbocycles. The molecule has 6 N–H and O–H groups in total. The van der Waals surface area contributed by atoms with Gasteiger partial charge in [0.25, 0.3) is 0 Å². The summed E-state index contributed by atoms with van der Waals surface area (Å²) in [4.78, 5) is 24.5. The molecule has 0 aliphatic rings. The molecule has 0 radical (unpaired) electrons. The predicted molar refractivity (Wildman–Crippen MR) is 153 cm³/mol. The number of hydrogen-bond acceptors (Lipinski definition) is 6. The summed E-state index contributed by atoms with van der Waals surface area (Å²) in [6.45, 7) is 12.5. The standard InChI is InChI=1S/C30H53N3O5/c1-19(2)23(15-21-11-12-27(38-8)22(14-21)10-9-13-37-7)16-25(31)26(34)17-24(20(3)4)28(35)33-18-30(5,6)29(32)36/h11-12,14,19-20,23-26,34H,9-10,13,15-18,31H2,1-8H3,(H2,32,36)(H,33,35)/t23-,24-,25-,26-/m0/s1.